The summed E-state index contributed by atoms with van der Waals surface area (Å²) in [4.78, 5) is 21.5. The number of benzene rings is 1. The topological polar surface area (TPSA) is 58.2 Å². The van der Waals surface area contributed by atoms with Crippen molar-refractivity contribution in [3.63, 3.8) is 0 Å². The number of imide groups is 1. The fourth-order valence-corrected chi connectivity index (χ4v) is 0.844. The number of nitrogens with one attached hydrogen (secondary N) is 2. The predicted octanol–water partition coefficient (Wildman–Crippen LogP) is 1.35. The van der Waals surface area contributed by atoms with Gasteiger partial charge in [-0.25, -0.2) is 4.79 Å². The number of carbonyl (C=O) groups is 2. The second kappa shape index (κ2) is 4.25. The molecular formula is C9H10N2O2. The zero-order valence-electron chi connectivity index (χ0n) is 7.20. The maximum atomic E-state index is 11.0. The van der Waals surface area contributed by atoms with E-state index in [9.17, 15) is 9.59 Å². The molecule has 0 unspecified atom stereocenters. The molecule has 0 spiro atoms. The van der Waals surface area contributed by atoms with Gasteiger partial charge in [0.15, 0.2) is 0 Å². The molecule has 3 amide bonds. The van der Waals surface area contributed by atoms with Gasteiger partial charge in [0.25, 0.3) is 0 Å². The molecule has 0 atom stereocenters. The molecule has 0 heterocycles. The van der Waals surface area contributed by atoms with Crippen molar-refractivity contribution in [2.75, 3.05) is 5.32 Å². The lowest BCUT2D eigenvalue weighted by Crippen LogP contribution is -2.32. The quantitative estimate of drug-likeness (QED) is 0.682. The molecule has 0 aliphatic carbocycles. The van der Waals surface area contributed by atoms with Gasteiger partial charge in [0.05, 0.1) is 0 Å². The third-order valence-corrected chi connectivity index (χ3v) is 1.32. The minimum absolute atomic E-state index is 0.381. The van der Waals surface area contributed by atoms with Gasteiger partial charge in [-0.2, -0.15) is 0 Å². The van der Waals surface area contributed by atoms with Gasteiger partial charge in [-0.1, -0.05) is 18.2 Å². The van der Waals surface area contributed by atoms with E-state index in [0.29, 0.717) is 5.69 Å². The Hall–Kier alpha value is -1.84. The Morgan fingerprint density at radius 2 is 1.77 bits per heavy atom. The first-order valence-corrected chi connectivity index (χ1v) is 3.82. The van der Waals surface area contributed by atoms with Crippen LogP contribution in [0.4, 0.5) is 10.5 Å². The van der Waals surface area contributed by atoms with Crippen LogP contribution in [-0.4, -0.2) is 11.9 Å². The van der Waals surface area contributed by atoms with Crippen LogP contribution in [0.1, 0.15) is 6.92 Å². The molecule has 0 aliphatic rings. The van der Waals surface area contributed by atoms with Gasteiger partial charge in [-0.15, -0.1) is 0 Å². The van der Waals surface area contributed by atoms with E-state index in [1.165, 1.54) is 6.92 Å². The van der Waals surface area contributed by atoms with Crippen LogP contribution in [0.2, 0.25) is 0 Å². The molecule has 2 N–H and O–H groups in total. The van der Waals surface area contributed by atoms with E-state index in [1.54, 1.807) is 24.3 Å². The average Bonchev–Trinajstić information content (AvgIpc) is 2.04. The second-order valence-electron chi connectivity index (χ2n) is 2.50. The van der Waals surface area contributed by atoms with Crippen molar-refractivity contribution in [3.8, 4) is 0 Å². The maximum Gasteiger partial charge on any atom is 0.325 e. The molecule has 4 heteroatoms. The lowest BCUT2D eigenvalue weighted by Gasteiger charge is -2.03. The van der Waals surface area contributed by atoms with Gasteiger partial charge in [-0.05, 0) is 12.1 Å². The van der Waals surface area contributed by atoms with Gasteiger partial charge < -0.3 is 5.32 Å². The lowest BCUT2D eigenvalue weighted by atomic mass is 10.3. The molecule has 1 aromatic carbocycles. The third kappa shape index (κ3) is 3.37. The Kier molecular flexibility index (Phi) is 3.03. The highest BCUT2D eigenvalue weighted by atomic mass is 16.2. The van der Waals surface area contributed by atoms with Crippen LogP contribution in [0.3, 0.4) is 0 Å². The Bertz CT molecular complexity index is 309. The molecule has 0 bridgehead atoms. The number of hydrogen-bond donors (Lipinski definition) is 2. The molecule has 0 aromatic heterocycles. The molecule has 0 saturated heterocycles. The molecule has 1 aromatic rings. The number of urea groups is 1. The number of rotatable bonds is 1. The highest BCUT2D eigenvalue weighted by molar-refractivity contribution is 6.00. The Labute approximate surface area is 75.9 Å². The van der Waals surface area contributed by atoms with Crippen LogP contribution in [0.5, 0.6) is 0 Å². The van der Waals surface area contributed by atoms with Gasteiger partial charge in [-0.3, -0.25) is 10.1 Å². The zero-order valence-corrected chi connectivity index (χ0v) is 7.20. The maximum absolute atomic E-state index is 11.0. The fraction of sp³-hybridized carbons (Fsp3) is 0.111. The minimum atomic E-state index is -0.515. The first kappa shape index (κ1) is 9.25. The monoisotopic (exact) mass is 178 g/mol. The second-order valence-corrected chi connectivity index (χ2v) is 2.50. The Morgan fingerprint density at radius 1 is 1.15 bits per heavy atom. The first-order valence-electron chi connectivity index (χ1n) is 3.82. The van der Waals surface area contributed by atoms with E-state index >= 15 is 0 Å². The number of para-hydroxylation sites is 1. The van der Waals surface area contributed by atoms with Crippen molar-refractivity contribution in [1.82, 2.24) is 5.32 Å². The number of carbonyl (C=O) groups excluding carboxylic acids is 2. The average molecular weight is 178 g/mol. The Morgan fingerprint density at radius 3 is 2.31 bits per heavy atom. The van der Waals surface area contributed by atoms with E-state index in [1.807, 2.05) is 6.07 Å². The van der Waals surface area contributed by atoms with Crippen LogP contribution in [-0.2, 0) is 4.79 Å². The summed E-state index contributed by atoms with van der Waals surface area (Å²) in [5, 5.41) is 4.60. The summed E-state index contributed by atoms with van der Waals surface area (Å²) >= 11 is 0. The summed E-state index contributed by atoms with van der Waals surface area (Å²) in [6.07, 6.45) is 0. The summed E-state index contributed by atoms with van der Waals surface area (Å²) < 4.78 is 0. The Balaban J connectivity index is 2.50. The fourth-order valence-electron chi connectivity index (χ4n) is 0.844. The molecule has 13 heavy (non-hydrogen) atoms. The minimum Gasteiger partial charge on any atom is -0.308 e. The van der Waals surface area contributed by atoms with Crippen molar-refractivity contribution in [1.29, 1.82) is 0 Å². The summed E-state index contributed by atoms with van der Waals surface area (Å²) in [7, 11) is 0. The molecule has 0 saturated carbocycles. The van der Waals surface area contributed by atoms with Crippen molar-refractivity contribution in [2.45, 2.75) is 6.92 Å². The van der Waals surface area contributed by atoms with E-state index in [4.69, 9.17) is 0 Å². The van der Waals surface area contributed by atoms with Gasteiger partial charge in [0, 0.05) is 12.6 Å². The van der Waals surface area contributed by atoms with Crippen molar-refractivity contribution in [3.05, 3.63) is 30.3 Å². The molecule has 4 nitrogen and oxygen atoms in total. The molecule has 0 fully saturated rings. The third-order valence-electron chi connectivity index (χ3n) is 1.32. The van der Waals surface area contributed by atoms with E-state index in [2.05, 4.69) is 10.6 Å². The van der Waals surface area contributed by atoms with Crippen LogP contribution in [0.25, 0.3) is 0 Å². The van der Waals surface area contributed by atoms with E-state index in [-0.39, 0.29) is 5.91 Å². The van der Waals surface area contributed by atoms with Crippen molar-refractivity contribution >= 4 is 17.6 Å². The predicted molar refractivity (Wildman–Crippen MR) is 49.3 cm³/mol. The number of amides is 3. The highest BCUT2D eigenvalue weighted by Gasteiger charge is 2.01. The largest absolute Gasteiger partial charge is 0.325 e. The van der Waals surface area contributed by atoms with Crippen molar-refractivity contribution in [2.24, 2.45) is 0 Å². The van der Waals surface area contributed by atoms with E-state index < -0.39 is 6.03 Å². The summed E-state index contributed by atoms with van der Waals surface area (Å²) in [6.45, 7) is 1.28. The number of hydrogen-bond acceptors (Lipinski definition) is 2. The molecule has 0 aliphatic heterocycles. The summed E-state index contributed by atoms with van der Waals surface area (Å²) in [6, 6.07) is 8.39. The van der Waals surface area contributed by atoms with Crippen LogP contribution in [0.15, 0.2) is 30.3 Å². The van der Waals surface area contributed by atoms with Crippen molar-refractivity contribution < 1.29 is 9.59 Å². The molecular weight excluding hydrogens is 168 g/mol. The van der Waals surface area contributed by atoms with Gasteiger partial charge in [0.2, 0.25) is 5.91 Å². The van der Waals surface area contributed by atoms with Crippen LogP contribution >= 0.6 is 0 Å². The van der Waals surface area contributed by atoms with E-state index in [0.717, 1.165) is 0 Å². The summed E-state index contributed by atoms with van der Waals surface area (Å²) in [5.74, 6) is -0.381. The van der Waals surface area contributed by atoms with Crippen LogP contribution < -0.4 is 10.6 Å². The first-order chi connectivity index (χ1) is 6.18. The van der Waals surface area contributed by atoms with Crippen LogP contribution in [0, 0.1) is 0 Å². The van der Waals surface area contributed by atoms with Gasteiger partial charge in [0.1, 0.15) is 0 Å². The highest BCUT2D eigenvalue weighted by Crippen LogP contribution is 2.03. The normalized spacial score (nSPS) is 9.00. The smallest absolute Gasteiger partial charge is 0.308 e. The number of anilines is 1. The molecule has 1 rings (SSSR count). The molecule has 68 valence electrons. The standard InChI is InChI=1S/C9H10N2O2/c1-7(12)10-9(13)11-8-5-3-2-4-6-8/h2-6H,1H3,(H2,10,11,12,13). The van der Waals surface area contributed by atoms with Gasteiger partial charge >= 0.3 is 6.03 Å². The molecule has 0 radical (unpaired) electrons. The zero-order chi connectivity index (χ0) is 9.68. The SMILES string of the molecule is CC(=O)NC(=O)Nc1ccccc1. The summed E-state index contributed by atoms with van der Waals surface area (Å²) in [5.41, 5.74) is 0.654. The lowest BCUT2D eigenvalue weighted by molar-refractivity contribution is -0.117.